The Bertz CT molecular complexity index is 674. The van der Waals surface area contributed by atoms with Gasteiger partial charge in [-0.15, -0.1) is 0 Å². The molecule has 1 heterocycles. The highest BCUT2D eigenvalue weighted by molar-refractivity contribution is 8.24. The fourth-order valence-electron chi connectivity index (χ4n) is 1.41. The summed E-state index contributed by atoms with van der Waals surface area (Å²) in [7, 11) is 0. The number of carbonyl (C=O) groups excluding carboxylic acids is 1. The van der Waals surface area contributed by atoms with Gasteiger partial charge in [0, 0.05) is 6.20 Å². The molecule has 0 N–H and O–H groups in total. The predicted molar refractivity (Wildman–Crippen MR) is 78.8 cm³/mol. The van der Waals surface area contributed by atoms with Crippen molar-refractivity contribution in [2.24, 2.45) is 0 Å². The summed E-state index contributed by atoms with van der Waals surface area (Å²) in [5.41, 5.74) is 0.457. The van der Waals surface area contributed by atoms with E-state index in [1.165, 1.54) is 12.3 Å². The minimum Gasteiger partial charge on any atom is -0.298 e. The van der Waals surface area contributed by atoms with Crippen LogP contribution in [0.3, 0.4) is 0 Å². The van der Waals surface area contributed by atoms with E-state index in [0.29, 0.717) is 17.5 Å². The number of aromatic nitrogens is 2. The Balaban J connectivity index is 0.000000383. The van der Waals surface area contributed by atoms with Crippen molar-refractivity contribution in [1.29, 1.82) is 0 Å². The number of para-hydroxylation sites is 1. The molecule has 0 unspecified atom stereocenters. The molecular formula is C11H8Cl3F2N2O2P. The number of hydrogen-bond acceptors (Lipinski definition) is 3. The van der Waals surface area contributed by atoms with Gasteiger partial charge in [0.25, 0.3) is 0 Å². The van der Waals surface area contributed by atoms with Crippen molar-refractivity contribution >= 4 is 45.2 Å². The maximum Gasteiger partial charge on any atom is 0.339 e. The van der Waals surface area contributed by atoms with E-state index < -0.39 is 16.8 Å². The summed E-state index contributed by atoms with van der Waals surface area (Å²) in [6.45, 7) is 1.60. The van der Waals surface area contributed by atoms with Crippen molar-refractivity contribution in [3.05, 3.63) is 47.3 Å². The van der Waals surface area contributed by atoms with Gasteiger partial charge >= 0.3 is 5.20 Å². The van der Waals surface area contributed by atoms with Gasteiger partial charge in [-0.05, 0) is 52.8 Å². The number of halogens is 5. The lowest BCUT2D eigenvalue weighted by Gasteiger charge is -2.03. The zero-order valence-electron chi connectivity index (χ0n) is 10.4. The molecule has 0 saturated carbocycles. The first-order valence-corrected chi connectivity index (χ1v) is 9.70. The van der Waals surface area contributed by atoms with E-state index in [2.05, 4.69) is 38.8 Å². The molecule has 0 fully saturated rings. The number of carbonyl (C=O) groups is 1. The molecule has 0 aliphatic rings. The molecule has 0 spiro atoms. The summed E-state index contributed by atoms with van der Waals surface area (Å²) < 4.78 is 37.3. The average molecular weight is 376 g/mol. The summed E-state index contributed by atoms with van der Waals surface area (Å²) in [6, 6.07) is 3.54. The first-order chi connectivity index (χ1) is 9.63. The van der Waals surface area contributed by atoms with E-state index in [-0.39, 0.29) is 5.69 Å². The van der Waals surface area contributed by atoms with Crippen molar-refractivity contribution in [2.45, 2.75) is 6.92 Å². The minimum atomic E-state index is -3.22. The zero-order valence-corrected chi connectivity index (χ0v) is 13.6. The normalized spacial score (nSPS) is 10.8. The molecule has 0 amide bonds. The number of aldehydes is 1. The van der Waals surface area contributed by atoms with Crippen LogP contribution in [0.25, 0.3) is 5.69 Å². The molecule has 2 rings (SSSR count). The van der Waals surface area contributed by atoms with Crippen molar-refractivity contribution in [3.63, 3.8) is 0 Å². The number of rotatable bonds is 2. The largest absolute Gasteiger partial charge is 0.339 e. The lowest BCUT2D eigenvalue weighted by Crippen LogP contribution is -2.01. The highest BCUT2D eigenvalue weighted by Gasteiger charge is 2.13. The highest BCUT2D eigenvalue weighted by atomic mass is 36.0. The molecule has 0 saturated heterocycles. The molecule has 114 valence electrons. The molecule has 0 aliphatic carbocycles. The maximum absolute atomic E-state index is 13.4. The van der Waals surface area contributed by atoms with Crippen LogP contribution in [0.4, 0.5) is 8.78 Å². The van der Waals surface area contributed by atoms with Crippen LogP contribution in [-0.2, 0) is 4.57 Å². The Morgan fingerprint density at radius 3 is 2.10 bits per heavy atom. The Kier molecular flexibility index (Phi) is 6.35. The van der Waals surface area contributed by atoms with Crippen LogP contribution in [0, 0.1) is 18.6 Å². The molecule has 2 aromatic rings. The molecule has 0 atom stereocenters. The summed E-state index contributed by atoms with van der Waals surface area (Å²) >= 11 is 13.8. The summed E-state index contributed by atoms with van der Waals surface area (Å²) in [5, 5.41) is 0.657. The Morgan fingerprint density at radius 1 is 1.24 bits per heavy atom. The second-order valence-corrected chi connectivity index (χ2v) is 10.3. The van der Waals surface area contributed by atoms with E-state index in [0.717, 1.165) is 16.8 Å². The van der Waals surface area contributed by atoms with Crippen LogP contribution in [0.15, 0.2) is 24.4 Å². The number of aryl methyl sites for hydroxylation is 1. The van der Waals surface area contributed by atoms with E-state index in [1.807, 2.05) is 0 Å². The molecule has 0 radical (unpaired) electrons. The number of nitrogens with zero attached hydrogens (tertiary/aromatic N) is 2. The van der Waals surface area contributed by atoms with Crippen LogP contribution in [-0.4, -0.2) is 16.1 Å². The molecule has 1 aromatic carbocycles. The summed E-state index contributed by atoms with van der Waals surface area (Å²) in [6.07, 6.45) is 1.89. The second-order valence-electron chi connectivity index (χ2n) is 3.70. The quantitative estimate of drug-likeness (QED) is 0.543. The lowest BCUT2D eigenvalue weighted by molar-refractivity contribution is 0.112. The second kappa shape index (κ2) is 7.36. The SMILES string of the molecule is Cc1nn(-c2c(F)cccc2F)cc1C=O.O=P(Cl)(Cl)Cl. The Labute approximate surface area is 133 Å². The van der Waals surface area contributed by atoms with Gasteiger partial charge in [-0.1, -0.05) is 6.07 Å². The third kappa shape index (κ3) is 5.75. The van der Waals surface area contributed by atoms with Crippen LogP contribution in [0.5, 0.6) is 0 Å². The molecule has 10 heteroatoms. The fraction of sp³-hybridized carbons (Fsp3) is 0.0909. The van der Waals surface area contributed by atoms with E-state index >= 15 is 0 Å². The van der Waals surface area contributed by atoms with Gasteiger partial charge in [-0.2, -0.15) is 5.10 Å². The van der Waals surface area contributed by atoms with Gasteiger partial charge in [0.15, 0.2) is 17.9 Å². The third-order valence-corrected chi connectivity index (χ3v) is 2.23. The van der Waals surface area contributed by atoms with E-state index in [1.54, 1.807) is 6.92 Å². The van der Waals surface area contributed by atoms with Gasteiger partial charge in [0.1, 0.15) is 5.69 Å². The lowest BCUT2D eigenvalue weighted by atomic mass is 10.3. The summed E-state index contributed by atoms with van der Waals surface area (Å²) in [5.74, 6) is -1.44. The molecule has 4 nitrogen and oxygen atoms in total. The third-order valence-electron chi connectivity index (χ3n) is 2.23. The van der Waals surface area contributed by atoms with Gasteiger partial charge in [0.05, 0.1) is 11.3 Å². The first-order valence-electron chi connectivity index (χ1n) is 5.28. The molecular weight excluding hydrogens is 367 g/mol. The minimum absolute atomic E-state index is 0.279. The van der Waals surface area contributed by atoms with Gasteiger partial charge < -0.3 is 0 Å². The highest BCUT2D eigenvalue weighted by Crippen LogP contribution is 2.61. The smallest absolute Gasteiger partial charge is 0.298 e. The van der Waals surface area contributed by atoms with E-state index in [9.17, 15) is 18.1 Å². The number of hydrogen-bond donors (Lipinski definition) is 0. The molecule has 1 aromatic heterocycles. The first kappa shape index (κ1) is 18.1. The molecule has 0 bridgehead atoms. The van der Waals surface area contributed by atoms with Crippen LogP contribution < -0.4 is 0 Å². The Morgan fingerprint density at radius 2 is 1.71 bits per heavy atom. The van der Waals surface area contributed by atoms with Crippen LogP contribution in [0.2, 0.25) is 0 Å². The average Bonchev–Trinajstić information content (AvgIpc) is 2.68. The predicted octanol–water partition coefficient (Wildman–Crippen LogP) is 5.08. The van der Waals surface area contributed by atoms with Gasteiger partial charge in [-0.25, -0.2) is 13.5 Å². The fourth-order valence-corrected chi connectivity index (χ4v) is 1.41. The van der Waals surface area contributed by atoms with Crippen molar-refractivity contribution < 1.29 is 18.1 Å². The van der Waals surface area contributed by atoms with Crippen LogP contribution >= 0.6 is 38.9 Å². The van der Waals surface area contributed by atoms with Gasteiger partial charge in [-0.3, -0.25) is 9.36 Å². The molecule has 0 aliphatic heterocycles. The van der Waals surface area contributed by atoms with Crippen LogP contribution in [0.1, 0.15) is 16.1 Å². The van der Waals surface area contributed by atoms with E-state index in [4.69, 9.17) is 0 Å². The van der Waals surface area contributed by atoms with Crippen molar-refractivity contribution in [2.75, 3.05) is 0 Å². The standard InChI is InChI=1S/C11H8F2N2O.Cl3OP/c1-7-8(6-16)5-15(14-7)11-9(12)3-2-4-10(11)13;1-5(2,3)4/h2-6H,1H3;. The zero-order chi connectivity index (χ0) is 16.2. The van der Waals surface area contributed by atoms with Crippen molar-refractivity contribution in [3.8, 4) is 5.69 Å². The Hall–Kier alpha value is -0.940. The van der Waals surface area contributed by atoms with Crippen molar-refractivity contribution in [1.82, 2.24) is 9.78 Å². The number of benzene rings is 1. The summed E-state index contributed by atoms with van der Waals surface area (Å²) in [4.78, 5) is 10.6. The van der Waals surface area contributed by atoms with Gasteiger partial charge in [0.2, 0.25) is 0 Å². The molecule has 21 heavy (non-hydrogen) atoms. The maximum atomic E-state index is 13.4. The topological polar surface area (TPSA) is 52.0 Å². The monoisotopic (exact) mass is 374 g/mol.